The summed E-state index contributed by atoms with van der Waals surface area (Å²) in [6.45, 7) is 0.561. The molecule has 0 radical (unpaired) electrons. The number of hydrogen-bond acceptors (Lipinski definition) is 5. The van der Waals surface area contributed by atoms with Gasteiger partial charge in [0.05, 0.1) is 6.04 Å². The van der Waals surface area contributed by atoms with Crippen LogP contribution in [0, 0.1) is 0 Å². The Morgan fingerprint density at radius 2 is 1.39 bits per heavy atom. The van der Waals surface area contributed by atoms with Crippen LogP contribution in [-0.4, -0.2) is 49.6 Å². The van der Waals surface area contributed by atoms with E-state index in [9.17, 15) is 13.5 Å². The van der Waals surface area contributed by atoms with Crippen LogP contribution < -0.4 is 0 Å². The minimum absolute atomic E-state index is 0.0413. The van der Waals surface area contributed by atoms with Crippen LogP contribution in [0.5, 0.6) is 0 Å². The third-order valence-electron chi connectivity index (χ3n) is 5.86. The van der Waals surface area contributed by atoms with E-state index in [1.807, 2.05) is 60.9 Å². The number of sulfone groups is 1. The second-order valence-corrected chi connectivity index (χ2v) is 11.2. The zero-order valence-electron chi connectivity index (χ0n) is 17.7. The van der Waals surface area contributed by atoms with Gasteiger partial charge in [-0.1, -0.05) is 72.8 Å². The van der Waals surface area contributed by atoms with E-state index in [1.54, 1.807) is 17.8 Å². The van der Waals surface area contributed by atoms with Crippen molar-refractivity contribution < 1.29 is 13.5 Å². The van der Waals surface area contributed by atoms with Crippen LogP contribution >= 0.6 is 11.8 Å². The van der Waals surface area contributed by atoms with Crippen molar-refractivity contribution in [2.45, 2.75) is 21.8 Å². The van der Waals surface area contributed by atoms with E-state index in [-0.39, 0.29) is 19.1 Å². The zero-order valence-corrected chi connectivity index (χ0v) is 19.3. The Labute approximate surface area is 188 Å². The highest BCUT2D eigenvalue weighted by atomic mass is 32.2. The van der Waals surface area contributed by atoms with E-state index < -0.39 is 20.7 Å². The molecule has 162 valence electrons. The van der Waals surface area contributed by atoms with Gasteiger partial charge < -0.3 is 5.11 Å². The van der Waals surface area contributed by atoms with E-state index in [1.165, 1.54) is 6.26 Å². The molecule has 3 aromatic carbocycles. The molecule has 0 saturated carbocycles. The third kappa shape index (κ3) is 4.58. The van der Waals surface area contributed by atoms with Crippen molar-refractivity contribution in [1.82, 2.24) is 4.90 Å². The summed E-state index contributed by atoms with van der Waals surface area (Å²) in [5.41, 5.74) is 1.55. The molecule has 1 N–H and O–H groups in total. The van der Waals surface area contributed by atoms with Crippen LogP contribution in [0.25, 0.3) is 0 Å². The minimum atomic E-state index is -3.53. The lowest BCUT2D eigenvalue weighted by molar-refractivity contribution is -0.112. The molecular weight excluding hydrogens is 426 g/mol. The molecular formula is C25H27NO3S2. The number of nitrogens with zero attached hydrogens (tertiary/aromatic N) is 1. The van der Waals surface area contributed by atoms with Crippen LogP contribution in [0.2, 0.25) is 0 Å². The number of β-amino-alcohol motifs (C(OH)–C–C–N with tert-alkyl or cyclic N) is 1. The van der Waals surface area contributed by atoms with Gasteiger partial charge in [0.25, 0.3) is 0 Å². The fourth-order valence-electron chi connectivity index (χ4n) is 4.65. The SMILES string of the molecule is CSc1cccc(C(C2(O)CN(C(c3ccccc3)c3ccccc3)C2)S(C)(=O)=O)c1. The molecule has 1 aliphatic rings. The van der Waals surface area contributed by atoms with Crippen LogP contribution in [0.4, 0.5) is 0 Å². The quantitative estimate of drug-likeness (QED) is 0.540. The van der Waals surface area contributed by atoms with Gasteiger partial charge in [0, 0.05) is 24.2 Å². The summed E-state index contributed by atoms with van der Waals surface area (Å²) in [6, 6.07) is 27.7. The topological polar surface area (TPSA) is 57.6 Å². The number of benzene rings is 3. The van der Waals surface area contributed by atoms with Crippen molar-refractivity contribution in [1.29, 1.82) is 0 Å². The van der Waals surface area contributed by atoms with Gasteiger partial charge in [0.15, 0.2) is 9.84 Å². The van der Waals surface area contributed by atoms with Gasteiger partial charge in [0.1, 0.15) is 10.9 Å². The summed E-state index contributed by atoms with van der Waals surface area (Å²) in [5, 5.41) is 10.5. The van der Waals surface area contributed by atoms with Crippen LogP contribution in [0.1, 0.15) is 28.0 Å². The summed E-state index contributed by atoms with van der Waals surface area (Å²) in [4.78, 5) is 3.14. The predicted molar refractivity (Wildman–Crippen MR) is 127 cm³/mol. The molecule has 1 saturated heterocycles. The largest absolute Gasteiger partial charge is 0.385 e. The zero-order chi connectivity index (χ0) is 22.1. The van der Waals surface area contributed by atoms with Crippen molar-refractivity contribution in [3.05, 3.63) is 102 Å². The number of hydrogen-bond donors (Lipinski definition) is 1. The molecule has 0 aliphatic carbocycles. The van der Waals surface area contributed by atoms with Gasteiger partial charge in [-0.3, -0.25) is 4.90 Å². The number of thioether (sulfide) groups is 1. The first kappa shape index (κ1) is 22.1. The fourth-order valence-corrected chi connectivity index (χ4v) is 6.71. The number of aliphatic hydroxyl groups is 1. The molecule has 1 heterocycles. The molecule has 31 heavy (non-hydrogen) atoms. The summed E-state index contributed by atoms with van der Waals surface area (Å²) in [5.74, 6) is 0. The van der Waals surface area contributed by atoms with Crippen molar-refractivity contribution in [3.8, 4) is 0 Å². The van der Waals surface area contributed by atoms with E-state index in [4.69, 9.17) is 0 Å². The van der Waals surface area contributed by atoms with Gasteiger partial charge in [-0.25, -0.2) is 8.42 Å². The van der Waals surface area contributed by atoms with Crippen molar-refractivity contribution in [3.63, 3.8) is 0 Å². The molecule has 6 heteroatoms. The first-order chi connectivity index (χ1) is 14.8. The summed E-state index contributed by atoms with van der Waals surface area (Å²) in [7, 11) is -3.53. The average molecular weight is 454 g/mol. The monoisotopic (exact) mass is 453 g/mol. The Morgan fingerprint density at radius 1 is 0.871 bits per heavy atom. The molecule has 0 bridgehead atoms. The maximum absolute atomic E-state index is 12.8. The predicted octanol–water partition coefficient (Wildman–Crippen LogP) is 4.33. The summed E-state index contributed by atoms with van der Waals surface area (Å²) in [6.07, 6.45) is 3.18. The minimum Gasteiger partial charge on any atom is -0.385 e. The van der Waals surface area contributed by atoms with E-state index in [2.05, 4.69) is 29.2 Å². The Balaban J connectivity index is 1.67. The lowest BCUT2D eigenvalue weighted by atomic mass is 9.83. The van der Waals surface area contributed by atoms with Crippen molar-refractivity contribution >= 4 is 21.6 Å². The standard InChI is InChI=1S/C25H27NO3S2/c1-30-22-15-9-14-21(16-22)24(31(2,28)29)25(27)17-26(18-25)23(19-10-5-3-6-11-19)20-12-7-4-8-13-20/h3-16,23-24,27H,17-18H2,1-2H3. The number of rotatable bonds is 7. The van der Waals surface area contributed by atoms with Gasteiger partial charge >= 0.3 is 0 Å². The Hall–Kier alpha value is -2.12. The van der Waals surface area contributed by atoms with E-state index >= 15 is 0 Å². The van der Waals surface area contributed by atoms with Crippen LogP contribution in [0.3, 0.4) is 0 Å². The second kappa shape index (κ2) is 8.79. The van der Waals surface area contributed by atoms with Crippen molar-refractivity contribution in [2.75, 3.05) is 25.6 Å². The molecule has 4 rings (SSSR count). The molecule has 1 atom stereocenters. The number of likely N-dealkylation sites (tertiary alicyclic amines) is 1. The van der Waals surface area contributed by atoms with Gasteiger partial charge in [-0.2, -0.15) is 0 Å². The Kier molecular flexibility index (Phi) is 6.26. The smallest absolute Gasteiger partial charge is 0.157 e. The maximum atomic E-state index is 12.8. The summed E-state index contributed by atoms with van der Waals surface area (Å²) < 4.78 is 25.6. The Morgan fingerprint density at radius 3 is 1.87 bits per heavy atom. The van der Waals surface area contributed by atoms with E-state index in [0.29, 0.717) is 5.56 Å². The maximum Gasteiger partial charge on any atom is 0.157 e. The average Bonchev–Trinajstić information content (AvgIpc) is 2.73. The lowest BCUT2D eigenvalue weighted by Gasteiger charge is -2.53. The van der Waals surface area contributed by atoms with Gasteiger partial charge in [-0.05, 0) is 35.1 Å². The van der Waals surface area contributed by atoms with Gasteiger partial charge in [0.2, 0.25) is 0 Å². The lowest BCUT2D eigenvalue weighted by Crippen LogP contribution is -2.66. The molecule has 0 aromatic heterocycles. The van der Waals surface area contributed by atoms with Crippen LogP contribution in [0.15, 0.2) is 89.8 Å². The third-order valence-corrected chi connectivity index (χ3v) is 8.15. The molecule has 0 spiro atoms. The second-order valence-electron chi connectivity index (χ2n) is 8.22. The fraction of sp³-hybridized carbons (Fsp3) is 0.280. The van der Waals surface area contributed by atoms with E-state index in [0.717, 1.165) is 16.0 Å². The molecule has 1 fully saturated rings. The summed E-state index contributed by atoms with van der Waals surface area (Å²) >= 11 is 1.56. The first-order valence-electron chi connectivity index (χ1n) is 10.2. The molecule has 3 aromatic rings. The normalized spacial score (nSPS) is 17.3. The van der Waals surface area contributed by atoms with Gasteiger partial charge in [-0.15, -0.1) is 11.8 Å². The van der Waals surface area contributed by atoms with Crippen molar-refractivity contribution in [2.24, 2.45) is 0 Å². The Bertz CT molecular complexity index is 1090. The highest BCUT2D eigenvalue weighted by Crippen LogP contribution is 2.44. The first-order valence-corrected chi connectivity index (χ1v) is 13.4. The molecule has 0 amide bonds. The molecule has 1 aliphatic heterocycles. The molecule has 4 nitrogen and oxygen atoms in total. The molecule has 1 unspecified atom stereocenters. The highest BCUT2D eigenvalue weighted by molar-refractivity contribution is 7.98. The van der Waals surface area contributed by atoms with Crippen LogP contribution in [-0.2, 0) is 9.84 Å². The highest BCUT2D eigenvalue weighted by Gasteiger charge is 2.54.